The Morgan fingerprint density at radius 1 is 0.914 bits per heavy atom. The molecule has 0 aliphatic carbocycles. The van der Waals surface area contributed by atoms with E-state index in [-0.39, 0.29) is 5.56 Å². The zero-order valence-corrected chi connectivity index (χ0v) is 19.1. The number of aromatic nitrogens is 2. The third kappa shape index (κ3) is 4.61. The molecule has 0 bridgehead atoms. The van der Waals surface area contributed by atoms with Gasteiger partial charge in [0.1, 0.15) is 11.9 Å². The van der Waals surface area contributed by atoms with Crippen LogP contribution in [0.4, 0.5) is 5.82 Å². The van der Waals surface area contributed by atoms with E-state index in [1.807, 2.05) is 64.2 Å². The van der Waals surface area contributed by atoms with Crippen LogP contribution in [0.2, 0.25) is 0 Å². The van der Waals surface area contributed by atoms with Crippen molar-refractivity contribution < 1.29 is 19.8 Å². The molecule has 1 saturated heterocycles. The third-order valence-electron chi connectivity index (χ3n) is 6.54. The van der Waals surface area contributed by atoms with Crippen LogP contribution in [0.5, 0.6) is 0 Å². The molecule has 1 atom stereocenters. The minimum absolute atomic E-state index is 0.139. The molecule has 2 N–H and O–H groups in total. The second kappa shape index (κ2) is 9.60. The second-order valence-corrected chi connectivity index (χ2v) is 8.69. The summed E-state index contributed by atoms with van der Waals surface area (Å²) >= 11 is 0. The van der Waals surface area contributed by atoms with Crippen LogP contribution in [-0.4, -0.2) is 62.8 Å². The lowest BCUT2D eigenvalue weighted by molar-refractivity contribution is -0.143. The van der Waals surface area contributed by atoms with Crippen LogP contribution in [-0.2, 0) is 11.3 Å². The van der Waals surface area contributed by atoms with Crippen molar-refractivity contribution in [3.8, 4) is 0 Å². The number of carboxylic acids is 2. The van der Waals surface area contributed by atoms with E-state index in [0.29, 0.717) is 43.7 Å². The average molecular weight is 471 g/mol. The standard InChI is InChI=1S/C27H26N4O4/c32-26(33)20-9-10-23-21(16-20)22(18-31(23)17-19-6-2-1-3-7-19)25(27(34)35)30-14-12-29(13-15-30)24-8-4-5-11-28-24/h1-11,16,18,25H,12-15,17H2,(H,32,33)(H,34,35)/t25-/m1/s1. The van der Waals surface area contributed by atoms with E-state index in [9.17, 15) is 19.8 Å². The molecule has 0 amide bonds. The van der Waals surface area contributed by atoms with E-state index in [1.165, 1.54) is 0 Å². The fourth-order valence-electron chi connectivity index (χ4n) is 4.82. The molecule has 2 aromatic carbocycles. The molecule has 178 valence electrons. The highest BCUT2D eigenvalue weighted by molar-refractivity contribution is 5.96. The molecule has 4 aromatic rings. The van der Waals surface area contributed by atoms with Crippen molar-refractivity contribution in [2.75, 3.05) is 31.1 Å². The summed E-state index contributed by atoms with van der Waals surface area (Å²) in [5.74, 6) is -1.11. The number of carboxylic acid groups (broad SMARTS) is 2. The lowest BCUT2D eigenvalue weighted by Gasteiger charge is -2.38. The average Bonchev–Trinajstić information content (AvgIpc) is 3.22. The van der Waals surface area contributed by atoms with Crippen molar-refractivity contribution in [1.82, 2.24) is 14.5 Å². The minimum atomic E-state index is -1.04. The first-order valence-electron chi connectivity index (χ1n) is 11.5. The maximum atomic E-state index is 12.6. The molecule has 0 unspecified atom stereocenters. The molecule has 2 aromatic heterocycles. The van der Waals surface area contributed by atoms with E-state index < -0.39 is 18.0 Å². The molecule has 8 heteroatoms. The fourth-order valence-corrected chi connectivity index (χ4v) is 4.82. The van der Waals surface area contributed by atoms with Gasteiger partial charge in [0.2, 0.25) is 0 Å². The van der Waals surface area contributed by atoms with Crippen LogP contribution < -0.4 is 4.90 Å². The van der Waals surface area contributed by atoms with E-state index in [4.69, 9.17) is 0 Å². The number of anilines is 1. The lowest BCUT2D eigenvalue weighted by atomic mass is 10.0. The van der Waals surface area contributed by atoms with Crippen molar-refractivity contribution in [3.63, 3.8) is 0 Å². The van der Waals surface area contributed by atoms with Crippen LogP contribution in [0, 0.1) is 0 Å². The number of benzene rings is 2. The molecule has 0 radical (unpaired) electrons. The predicted molar refractivity (Wildman–Crippen MR) is 133 cm³/mol. The Labute approximate surface area is 202 Å². The third-order valence-corrected chi connectivity index (χ3v) is 6.54. The van der Waals surface area contributed by atoms with E-state index in [2.05, 4.69) is 9.88 Å². The topological polar surface area (TPSA) is 98.9 Å². The van der Waals surface area contributed by atoms with Crippen molar-refractivity contribution in [3.05, 3.63) is 95.8 Å². The predicted octanol–water partition coefficient (Wildman–Crippen LogP) is 3.73. The molecule has 5 rings (SSSR count). The van der Waals surface area contributed by atoms with Gasteiger partial charge in [-0.25, -0.2) is 9.78 Å². The molecule has 0 spiro atoms. The Morgan fingerprint density at radius 2 is 1.66 bits per heavy atom. The summed E-state index contributed by atoms with van der Waals surface area (Å²) in [5.41, 5.74) is 2.64. The zero-order chi connectivity index (χ0) is 24.4. The van der Waals surface area contributed by atoms with E-state index in [1.54, 1.807) is 24.4 Å². The summed E-state index contributed by atoms with van der Waals surface area (Å²) in [7, 11) is 0. The molecular weight excluding hydrogens is 444 g/mol. The highest BCUT2D eigenvalue weighted by Crippen LogP contribution is 2.33. The number of carbonyl (C=O) groups is 2. The summed E-state index contributed by atoms with van der Waals surface area (Å²) in [6, 6.07) is 19.7. The van der Waals surface area contributed by atoms with Gasteiger partial charge >= 0.3 is 11.9 Å². The molecule has 1 aliphatic rings. The number of hydrogen-bond acceptors (Lipinski definition) is 5. The highest BCUT2D eigenvalue weighted by Gasteiger charge is 2.33. The SMILES string of the molecule is O=C(O)c1ccc2c(c1)c([C@H](C(=O)O)N1CCN(c3ccccn3)CC1)cn2Cc1ccccc1. The number of nitrogens with zero attached hydrogens (tertiary/aromatic N) is 4. The van der Waals surface area contributed by atoms with Gasteiger partial charge in [0.25, 0.3) is 0 Å². The maximum Gasteiger partial charge on any atom is 0.335 e. The van der Waals surface area contributed by atoms with Crippen LogP contribution in [0.25, 0.3) is 10.9 Å². The maximum absolute atomic E-state index is 12.6. The normalized spacial score (nSPS) is 15.3. The number of aliphatic carboxylic acids is 1. The van der Waals surface area contributed by atoms with Gasteiger partial charge in [-0.2, -0.15) is 0 Å². The lowest BCUT2D eigenvalue weighted by Crippen LogP contribution is -2.49. The highest BCUT2D eigenvalue weighted by atomic mass is 16.4. The first-order valence-corrected chi connectivity index (χ1v) is 11.5. The summed E-state index contributed by atoms with van der Waals surface area (Å²) in [6.45, 7) is 2.98. The Bertz CT molecular complexity index is 1350. The Balaban J connectivity index is 1.51. The molecule has 1 fully saturated rings. The largest absolute Gasteiger partial charge is 0.480 e. The quantitative estimate of drug-likeness (QED) is 0.425. The van der Waals surface area contributed by atoms with Crippen molar-refractivity contribution in [2.45, 2.75) is 12.6 Å². The number of hydrogen-bond donors (Lipinski definition) is 2. The van der Waals surface area contributed by atoms with Crippen LogP contribution in [0.15, 0.2) is 79.1 Å². The van der Waals surface area contributed by atoms with Crippen LogP contribution in [0.3, 0.4) is 0 Å². The van der Waals surface area contributed by atoms with Crippen LogP contribution >= 0.6 is 0 Å². The molecule has 35 heavy (non-hydrogen) atoms. The molecule has 0 saturated carbocycles. The van der Waals surface area contributed by atoms with Gasteiger partial charge < -0.3 is 19.7 Å². The molecular formula is C27H26N4O4. The fraction of sp³-hybridized carbons (Fsp3) is 0.222. The van der Waals surface area contributed by atoms with Crippen molar-refractivity contribution in [2.24, 2.45) is 0 Å². The van der Waals surface area contributed by atoms with Gasteiger partial charge in [-0.15, -0.1) is 0 Å². The van der Waals surface area contributed by atoms with Gasteiger partial charge in [0, 0.05) is 61.6 Å². The molecule has 1 aliphatic heterocycles. The number of piperazine rings is 1. The summed E-state index contributed by atoms with van der Waals surface area (Å²) in [4.78, 5) is 32.8. The minimum Gasteiger partial charge on any atom is -0.480 e. The molecule has 3 heterocycles. The second-order valence-electron chi connectivity index (χ2n) is 8.69. The Kier molecular flexibility index (Phi) is 6.20. The Hall–Kier alpha value is -4.17. The first kappa shape index (κ1) is 22.6. The summed E-state index contributed by atoms with van der Waals surface area (Å²) in [6.07, 6.45) is 3.62. The first-order chi connectivity index (χ1) is 17.0. The number of fused-ring (bicyclic) bond motifs is 1. The summed E-state index contributed by atoms with van der Waals surface area (Å²) < 4.78 is 2.01. The summed E-state index contributed by atoms with van der Waals surface area (Å²) in [5, 5.41) is 20.5. The van der Waals surface area contributed by atoms with Gasteiger partial charge in [0.05, 0.1) is 5.56 Å². The van der Waals surface area contributed by atoms with E-state index in [0.717, 1.165) is 16.9 Å². The van der Waals surface area contributed by atoms with Crippen molar-refractivity contribution in [1.29, 1.82) is 0 Å². The van der Waals surface area contributed by atoms with Gasteiger partial charge in [-0.3, -0.25) is 9.69 Å². The molecule has 8 nitrogen and oxygen atoms in total. The van der Waals surface area contributed by atoms with Gasteiger partial charge in [0.15, 0.2) is 0 Å². The number of aromatic carboxylic acids is 1. The van der Waals surface area contributed by atoms with Gasteiger partial charge in [-0.1, -0.05) is 36.4 Å². The zero-order valence-electron chi connectivity index (χ0n) is 19.1. The monoisotopic (exact) mass is 470 g/mol. The van der Waals surface area contributed by atoms with E-state index >= 15 is 0 Å². The number of rotatable bonds is 7. The smallest absolute Gasteiger partial charge is 0.335 e. The number of pyridine rings is 1. The van der Waals surface area contributed by atoms with Crippen LogP contribution in [0.1, 0.15) is 27.5 Å². The Morgan fingerprint density at radius 3 is 2.31 bits per heavy atom. The van der Waals surface area contributed by atoms with Crippen molar-refractivity contribution >= 4 is 28.7 Å². The van der Waals surface area contributed by atoms with Gasteiger partial charge in [-0.05, 0) is 35.9 Å².